The van der Waals surface area contributed by atoms with Gasteiger partial charge in [0, 0.05) is 19.2 Å². The molecule has 110 valence electrons. The molecular weight excluding hydrogens is 258 g/mol. The summed E-state index contributed by atoms with van der Waals surface area (Å²) in [6.07, 6.45) is 0. The van der Waals surface area contributed by atoms with E-state index in [1.54, 1.807) is 24.0 Å². The first-order valence-corrected chi connectivity index (χ1v) is 6.71. The van der Waals surface area contributed by atoms with Crippen LogP contribution in [0.25, 0.3) is 0 Å². The molecule has 1 aromatic rings. The van der Waals surface area contributed by atoms with Crippen molar-refractivity contribution in [1.82, 2.24) is 4.90 Å². The van der Waals surface area contributed by atoms with Crippen molar-refractivity contribution in [2.75, 3.05) is 18.4 Å². The van der Waals surface area contributed by atoms with Crippen LogP contribution in [-0.2, 0) is 4.79 Å². The van der Waals surface area contributed by atoms with E-state index in [-0.39, 0.29) is 11.6 Å². The zero-order valence-electron chi connectivity index (χ0n) is 12.3. The summed E-state index contributed by atoms with van der Waals surface area (Å²) in [6, 6.07) is 4.31. The number of likely N-dealkylation sites (N-methyl/N-ethyl adjacent to an activating group) is 1. The lowest BCUT2D eigenvalue weighted by Gasteiger charge is -2.24. The second-order valence-electron chi connectivity index (χ2n) is 4.65. The topological polar surface area (TPSA) is 75.5 Å². The van der Waals surface area contributed by atoms with Gasteiger partial charge < -0.3 is 10.2 Å². The maximum atomic E-state index is 12.2. The predicted molar refractivity (Wildman–Crippen MR) is 78.8 cm³/mol. The molecule has 0 aliphatic heterocycles. The van der Waals surface area contributed by atoms with Crippen LogP contribution < -0.4 is 5.32 Å². The molecule has 0 bridgehead atoms. The first-order chi connectivity index (χ1) is 9.40. The number of carbonyl (C=O) groups excluding carboxylic acids is 1. The summed E-state index contributed by atoms with van der Waals surface area (Å²) >= 11 is 0. The van der Waals surface area contributed by atoms with Gasteiger partial charge in [0.2, 0.25) is 5.91 Å². The van der Waals surface area contributed by atoms with Crippen LogP contribution in [0.5, 0.6) is 0 Å². The van der Waals surface area contributed by atoms with Crippen molar-refractivity contribution in [2.45, 2.75) is 33.7 Å². The van der Waals surface area contributed by atoms with Gasteiger partial charge in [0.25, 0.3) is 5.69 Å². The van der Waals surface area contributed by atoms with Crippen LogP contribution in [0.2, 0.25) is 0 Å². The normalized spacial score (nSPS) is 11.8. The number of carbonyl (C=O) groups is 1. The Hall–Kier alpha value is -2.11. The number of hydrogen-bond donors (Lipinski definition) is 1. The van der Waals surface area contributed by atoms with Gasteiger partial charge in [0.15, 0.2) is 0 Å². The molecule has 1 N–H and O–H groups in total. The summed E-state index contributed by atoms with van der Waals surface area (Å²) in [4.78, 5) is 24.4. The van der Waals surface area contributed by atoms with Crippen LogP contribution in [0.3, 0.4) is 0 Å². The molecule has 1 rings (SSSR count). The predicted octanol–water partition coefficient (Wildman–Crippen LogP) is 2.57. The first kappa shape index (κ1) is 15.9. The largest absolute Gasteiger partial charge is 0.368 e. The molecule has 0 aromatic heterocycles. The zero-order valence-corrected chi connectivity index (χ0v) is 12.3. The van der Waals surface area contributed by atoms with E-state index in [4.69, 9.17) is 0 Å². The number of anilines is 1. The lowest BCUT2D eigenvalue weighted by atomic mass is 10.1. The fraction of sp³-hybridized carbons (Fsp3) is 0.500. The van der Waals surface area contributed by atoms with Gasteiger partial charge in [-0.25, -0.2) is 0 Å². The van der Waals surface area contributed by atoms with E-state index in [9.17, 15) is 14.9 Å². The molecule has 0 fully saturated rings. The molecule has 1 amide bonds. The molecule has 0 saturated carbocycles. The fourth-order valence-corrected chi connectivity index (χ4v) is 2.03. The molecule has 1 unspecified atom stereocenters. The Morgan fingerprint density at radius 2 is 2.00 bits per heavy atom. The average molecular weight is 279 g/mol. The van der Waals surface area contributed by atoms with Crippen molar-refractivity contribution in [1.29, 1.82) is 0 Å². The van der Waals surface area contributed by atoms with Crippen molar-refractivity contribution in [3.8, 4) is 0 Å². The number of nitrogens with zero attached hydrogens (tertiary/aromatic N) is 2. The molecule has 20 heavy (non-hydrogen) atoms. The van der Waals surface area contributed by atoms with E-state index >= 15 is 0 Å². The second kappa shape index (κ2) is 6.88. The average Bonchev–Trinajstić information content (AvgIpc) is 2.39. The summed E-state index contributed by atoms with van der Waals surface area (Å²) in [5.74, 6) is -0.0641. The Bertz CT molecular complexity index is 498. The second-order valence-corrected chi connectivity index (χ2v) is 4.65. The van der Waals surface area contributed by atoms with E-state index in [2.05, 4.69) is 5.32 Å². The van der Waals surface area contributed by atoms with Gasteiger partial charge in [-0.1, -0.05) is 6.07 Å². The maximum absolute atomic E-state index is 12.2. The summed E-state index contributed by atoms with van der Waals surface area (Å²) < 4.78 is 0. The number of amides is 1. The minimum Gasteiger partial charge on any atom is -0.368 e. The summed E-state index contributed by atoms with van der Waals surface area (Å²) in [5.41, 5.74) is 1.26. The van der Waals surface area contributed by atoms with Crippen LogP contribution >= 0.6 is 0 Å². The van der Waals surface area contributed by atoms with Crippen LogP contribution in [0.1, 0.15) is 26.3 Å². The van der Waals surface area contributed by atoms with Crippen molar-refractivity contribution in [2.24, 2.45) is 0 Å². The van der Waals surface area contributed by atoms with Crippen LogP contribution in [0.4, 0.5) is 11.4 Å². The van der Waals surface area contributed by atoms with Crippen molar-refractivity contribution >= 4 is 17.3 Å². The molecule has 0 aliphatic carbocycles. The van der Waals surface area contributed by atoms with E-state index in [1.165, 1.54) is 6.07 Å². The fourth-order valence-electron chi connectivity index (χ4n) is 2.03. The number of nitro benzene ring substituents is 1. The van der Waals surface area contributed by atoms with Gasteiger partial charge in [-0.05, 0) is 39.3 Å². The van der Waals surface area contributed by atoms with Crippen LogP contribution in [0.15, 0.2) is 18.2 Å². The Balaban J connectivity index is 2.95. The number of benzene rings is 1. The van der Waals surface area contributed by atoms with Gasteiger partial charge in [0.1, 0.15) is 11.7 Å². The van der Waals surface area contributed by atoms with Crippen molar-refractivity contribution in [3.63, 3.8) is 0 Å². The van der Waals surface area contributed by atoms with Gasteiger partial charge in [0.05, 0.1) is 4.92 Å². The molecule has 6 nitrogen and oxygen atoms in total. The molecule has 0 spiro atoms. The van der Waals surface area contributed by atoms with Crippen molar-refractivity contribution < 1.29 is 9.72 Å². The van der Waals surface area contributed by atoms with Crippen molar-refractivity contribution in [3.05, 3.63) is 33.9 Å². The van der Waals surface area contributed by atoms with Gasteiger partial charge in [-0.3, -0.25) is 14.9 Å². The Morgan fingerprint density at radius 3 is 2.50 bits per heavy atom. The first-order valence-electron chi connectivity index (χ1n) is 6.71. The van der Waals surface area contributed by atoms with E-state index in [1.807, 2.05) is 20.8 Å². The molecule has 0 radical (unpaired) electrons. The highest BCUT2D eigenvalue weighted by Crippen LogP contribution is 2.26. The monoisotopic (exact) mass is 279 g/mol. The highest BCUT2D eigenvalue weighted by Gasteiger charge is 2.21. The van der Waals surface area contributed by atoms with E-state index < -0.39 is 11.0 Å². The standard InChI is InChI=1S/C14H21N3O3/c1-5-16(6-2)14(18)11(4)15-12-9-10(3)7-8-13(12)17(19)20/h7-9,11,15H,5-6H2,1-4H3. The van der Waals surface area contributed by atoms with E-state index in [0.717, 1.165) is 5.56 Å². The summed E-state index contributed by atoms with van der Waals surface area (Å²) in [7, 11) is 0. The van der Waals surface area contributed by atoms with Gasteiger partial charge in [-0.2, -0.15) is 0 Å². The van der Waals surface area contributed by atoms with Gasteiger partial charge >= 0.3 is 0 Å². The number of nitro groups is 1. The van der Waals surface area contributed by atoms with Gasteiger partial charge in [-0.15, -0.1) is 0 Å². The number of nitrogens with one attached hydrogen (secondary N) is 1. The Kier molecular flexibility index (Phi) is 5.49. The molecule has 0 heterocycles. The number of aryl methyl sites for hydroxylation is 1. The Labute approximate surface area is 118 Å². The highest BCUT2D eigenvalue weighted by molar-refractivity contribution is 5.85. The molecule has 1 aromatic carbocycles. The third-order valence-corrected chi connectivity index (χ3v) is 3.17. The lowest BCUT2D eigenvalue weighted by Crippen LogP contribution is -2.41. The third-order valence-electron chi connectivity index (χ3n) is 3.17. The third kappa shape index (κ3) is 3.69. The molecule has 1 atom stereocenters. The van der Waals surface area contributed by atoms with Crippen LogP contribution in [-0.4, -0.2) is 34.9 Å². The van der Waals surface area contributed by atoms with E-state index in [0.29, 0.717) is 18.8 Å². The minimum atomic E-state index is -0.504. The minimum absolute atomic E-state index is 0.0187. The summed E-state index contributed by atoms with van der Waals surface area (Å²) in [5, 5.41) is 13.9. The number of hydrogen-bond acceptors (Lipinski definition) is 4. The smallest absolute Gasteiger partial charge is 0.292 e. The quantitative estimate of drug-likeness (QED) is 0.641. The van der Waals surface area contributed by atoms with Crippen LogP contribution in [0, 0.1) is 17.0 Å². The number of rotatable bonds is 6. The molecule has 0 aliphatic rings. The zero-order chi connectivity index (χ0) is 15.3. The molecule has 0 saturated heterocycles. The molecular formula is C14H21N3O3. The SMILES string of the molecule is CCN(CC)C(=O)C(C)Nc1cc(C)ccc1[N+](=O)[O-]. The summed E-state index contributed by atoms with van der Waals surface area (Å²) in [6.45, 7) is 8.62. The molecule has 6 heteroatoms. The highest BCUT2D eigenvalue weighted by atomic mass is 16.6. The Morgan fingerprint density at radius 1 is 1.40 bits per heavy atom. The maximum Gasteiger partial charge on any atom is 0.292 e. The lowest BCUT2D eigenvalue weighted by molar-refractivity contribution is -0.384.